The van der Waals surface area contributed by atoms with Crippen LogP contribution in [0.3, 0.4) is 0 Å². The summed E-state index contributed by atoms with van der Waals surface area (Å²) in [5.74, 6) is 1.15. The summed E-state index contributed by atoms with van der Waals surface area (Å²) >= 11 is 1.35. The average molecular weight is 425 g/mol. The van der Waals surface area contributed by atoms with Crippen LogP contribution >= 0.6 is 11.8 Å². The Kier molecular flexibility index (Phi) is 6.18. The number of hydrogen-bond acceptors (Lipinski definition) is 4. The lowest BCUT2D eigenvalue weighted by atomic mass is 9.99. The number of para-hydroxylation sites is 1. The summed E-state index contributed by atoms with van der Waals surface area (Å²) in [5, 5.41) is 9.20. The molecule has 7 heteroatoms. The van der Waals surface area contributed by atoms with Gasteiger partial charge in [0.2, 0.25) is 5.91 Å². The molecule has 1 fully saturated rings. The quantitative estimate of drug-likeness (QED) is 0.556. The molecule has 1 aliphatic heterocycles. The van der Waals surface area contributed by atoms with Gasteiger partial charge in [0.15, 0.2) is 11.0 Å². The molecular weight excluding hydrogens is 399 g/mol. The zero-order chi connectivity index (χ0) is 21.1. The fourth-order valence-corrected chi connectivity index (χ4v) is 4.54. The molecular formula is C23H25FN4OS. The van der Waals surface area contributed by atoms with E-state index in [0.717, 1.165) is 37.2 Å². The van der Waals surface area contributed by atoms with Crippen molar-refractivity contribution in [2.75, 3.05) is 18.8 Å². The number of halogens is 1. The maximum atomic E-state index is 14.5. The van der Waals surface area contributed by atoms with Crippen LogP contribution in [0.2, 0.25) is 0 Å². The summed E-state index contributed by atoms with van der Waals surface area (Å²) in [6.07, 6.45) is 2.10. The van der Waals surface area contributed by atoms with Crippen molar-refractivity contribution in [3.63, 3.8) is 0 Å². The number of aryl methyl sites for hydroxylation is 1. The van der Waals surface area contributed by atoms with Crippen molar-refractivity contribution in [3.05, 3.63) is 59.9 Å². The van der Waals surface area contributed by atoms with Crippen molar-refractivity contribution >= 4 is 17.7 Å². The Bertz CT molecular complexity index is 1040. The lowest BCUT2D eigenvalue weighted by Gasteiger charge is -2.30. The number of carbonyl (C=O) groups excluding carboxylic acids is 1. The number of piperidine rings is 1. The van der Waals surface area contributed by atoms with Crippen LogP contribution in [0.1, 0.15) is 25.3 Å². The Hall–Kier alpha value is -2.67. The molecule has 4 rings (SSSR count). The Morgan fingerprint density at radius 1 is 1.10 bits per heavy atom. The minimum absolute atomic E-state index is 0.110. The van der Waals surface area contributed by atoms with Gasteiger partial charge in [0.25, 0.3) is 0 Å². The maximum absolute atomic E-state index is 14.5. The van der Waals surface area contributed by atoms with Crippen LogP contribution < -0.4 is 0 Å². The van der Waals surface area contributed by atoms with Crippen molar-refractivity contribution in [2.45, 2.75) is 31.8 Å². The number of benzene rings is 2. The van der Waals surface area contributed by atoms with E-state index in [4.69, 9.17) is 0 Å². The fraction of sp³-hybridized carbons (Fsp3) is 0.348. The van der Waals surface area contributed by atoms with E-state index in [9.17, 15) is 9.18 Å². The number of nitrogens with zero attached hydrogens (tertiary/aromatic N) is 4. The highest BCUT2D eigenvalue weighted by Crippen LogP contribution is 2.31. The highest BCUT2D eigenvalue weighted by atomic mass is 32.2. The van der Waals surface area contributed by atoms with E-state index in [0.29, 0.717) is 22.5 Å². The molecule has 156 valence electrons. The number of amides is 1. The molecule has 2 aromatic carbocycles. The second-order valence-corrected chi connectivity index (χ2v) is 8.70. The number of carbonyl (C=O) groups is 1. The van der Waals surface area contributed by atoms with E-state index in [-0.39, 0.29) is 17.5 Å². The maximum Gasteiger partial charge on any atom is 0.233 e. The first-order chi connectivity index (χ1) is 14.5. The normalized spacial score (nSPS) is 14.8. The molecule has 0 spiro atoms. The van der Waals surface area contributed by atoms with Crippen LogP contribution in [0.25, 0.3) is 17.1 Å². The van der Waals surface area contributed by atoms with Crippen molar-refractivity contribution < 1.29 is 9.18 Å². The summed E-state index contributed by atoms with van der Waals surface area (Å²) in [6, 6.07) is 14.4. The summed E-state index contributed by atoms with van der Waals surface area (Å²) in [4.78, 5) is 14.6. The molecule has 0 radical (unpaired) electrons. The largest absolute Gasteiger partial charge is 0.342 e. The minimum Gasteiger partial charge on any atom is -0.342 e. The van der Waals surface area contributed by atoms with Crippen LogP contribution in [-0.2, 0) is 4.79 Å². The molecule has 0 atom stereocenters. The molecule has 1 aromatic heterocycles. The third-order valence-electron chi connectivity index (χ3n) is 5.57. The van der Waals surface area contributed by atoms with E-state index in [1.54, 1.807) is 18.2 Å². The highest BCUT2D eigenvalue weighted by molar-refractivity contribution is 7.99. The lowest BCUT2D eigenvalue weighted by molar-refractivity contribution is -0.129. The molecule has 1 amide bonds. The molecule has 0 N–H and O–H groups in total. The zero-order valence-electron chi connectivity index (χ0n) is 17.2. The number of thioether (sulfide) groups is 1. The first-order valence-corrected chi connectivity index (χ1v) is 11.2. The Morgan fingerprint density at radius 2 is 1.80 bits per heavy atom. The van der Waals surface area contributed by atoms with Crippen molar-refractivity contribution in [3.8, 4) is 17.1 Å². The fourth-order valence-electron chi connectivity index (χ4n) is 3.69. The van der Waals surface area contributed by atoms with E-state index < -0.39 is 0 Å². The summed E-state index contributed by atoms with van der Waals surface area (Å²) in [5.41, 5.74) is 2.28. The Balaban J connectivity index is 1.64. The molecule has 0 unspecified atom stereocenters. The smallest absolute Gasteiger partial charge is 0.233 e. The molecule has 1 saturated heterocycles. The summed E-state index contributed by atoms with van der Waals surface area (Å²) in [6.45, 7) is 5.84. The molecule has 5 nitrogen and oxygen atoms in total. The van der Waals surface area contributed by atoms with Gasteiger partial charge in [-0.15, -0.1) is 10.2 Å². The van der Waals surface area contributed by atoms with Gasteiger partial charge in [0.05, 0.1) is 17.0 Å². The van der Waals surface area contributed by atoms with Gasteiger partial charge in [-0.3, -0.25) is 9.36 Å². The minimum atomic E-state index is -0.352. The van der Waals surface area contributed by atoms with E-state index in [1.807, 2.05) is 40.7 Å². The molecule has 0 bridgehead atoms. The molecule has 2 heterocycles. The second-order valence-electron chi connectivity index (χ2n) is 7.76. The van der Waals surface area contributed by atoms with Crippen LogP contribution in [0, 0.1) is 18.7 Å². The topological polar surface area (TPSA) is 51.0 Å². The molecule has 3 aromatic rings. The van der Waals surface area contributed by atoms with Crippen LogP contribution in [-0.4, -0.2) is 44.4 Å². The number of likely N-dealkylation sites (tertiary alicyclic amines) is 1. The van der Waals surface area contributed by atoms with Gasteiger partial charge < -0.3 is 4.90 Å². The second kappa shape index (κ2) is 9.00. The SMILES string of the molecule is Cc1ccccc1-n1c(SCC(=O)N2CCC(C)CC2)nnc1-c1ccccc1F. The van der Waals surface area contributed by atoms with Gasteiger partial charge in [0, 0.05) is 13.1 Å². The first-order valence-electron chi connectivity index (χ1n) is 10.2. The van der Waals surface area contributed by atoms with Gasteiger partial charge in [-0.25, -0.2) is 4.39 Å². The van der Waals surface area contributed by atoms with Gasteiger partial charge in [-0.2, -0.15) is 0 Å². The zero-order valence-corrected chi connectivity index (χ0v) is 18.0. The number of hydrogen-bond donors (Lipinski definition) is 0. The van der Waals surface area contributed by atoms with E-state index in [2.05, 4.69) is 17.1 Å². The van der Waals surface area contributed by atoms with E-state index >= 15 is 0 Å². The average Bonchev–Trinajstić information content (AvgIpc) is 3.16. The molecule has 0 aliphatic carbocycles. The van der Waals surface area contributed by atoms with Crippen LogP contribution in [0.5, 0.6) is 0 Å². The highest BCUT2D eigenvalue weighted by Gasteiger charge is 2.23. The monoisotopic (exact) mass is 424 g/mol. The van der Waals surface area contributed by atoms with Crippen molar-refractivity contribution in [1.29, 1.82) is 0 Å². The third-order valence-corrected chi connectivity index (χ3v) is 6.48. The van der Waals surface area contributed by atoms with Gasteiger partial charge in [-0.1, -0.05) is 49.0 Å². The predicted molar refractivity (Wildman–Crippen MR) is 117 cm³/mol. The first kappa shape index (κ1) is 20.6. The van der Waals surface area contributed by atoms with Crippen LogP contribution in [0.15, 0.2) is 53.7 Å². The predicted octanol–water partition coefficient (Wildman–Crippen LogP) is 4.73. The standard InChI is InChI=1S/C23H25FN4OS/c1-16-11-13-27(14-12-16)21(29)15-30-23-26-25-22(18-8-4-5-9-19(18)24)28(23)20-10-6-3-7-17(20)2/h3-10,16H,11-15H2,1-2H3. The summed E-state index contributed by atoms with van der Waals surface area (Å²) < 4.78 is 16.4. The number of aromatic nitrogens is 3. The van der Waals surface area contributed by atoms with Gasteiger partial charge in [-0.05, 0) is 49.4 Å². The van der Waals surface area contributed by atoms with Crippen LogP contribution in [0.4, 0.5) is 4.39 Å². The van der Waals surface area contributed by atoms with Gasteiger partial charge >= 0.3 is 0 Å². The lowest BCUT2D eigenvalue weighted by Crippen LogP contribution is -2.38. The van der Waals surface area contributed by atoms with Gasteiger partial charge in [0.1, 0.15) is 5.82 Å². The molecule has 1 aliphatic rings. The van der Waals surface area contributed by atoms with E-state index in [1.165, 1.54) is 17.8 Å². The van der Waals surface area contributed by atoms with Crippen molar-refractivity contribution in [1.82, 2.24) is 19.7 Å². The molecule has 30 heavy (non-hydrogen) atoms. The summed E-state index contributed by atoms with van der Waals surface area (Å²) in [7, 11) is 0. The Labute approximate surface area is 180 Å². The van der Waals surface area contributed by atoms with Crippen molar-refractivity contribution in [2.24, 2.45) is 5.92 Å². The molecule has 0 saturated carbocycles. The Morgan fingerprint density at radius 3 is 2.53 bits per heavy atom. The third kappa shape index (κ3) is 4.26. The number of rotatable bonds is 5.